The number of aliphatic carboxylic acids is 1. The van der Waals surface area contributed by atoms with E-state index in [4.69, 9.17) is 14.8 Å². The summed E-state index contributed by atoms with van der Waals surface area (Å²) >= 11 is 1.77. The van der Waals surface area contributed by atoms with Gasteiger partial charge in [0.25, 0.3) is 5.91 Å². The number of carbonyl (C=O) groups is 2. The number of aryl methyl sites for hydroxylation is 4. The van der Waals surface area contributed by atoms with Crippen LogP contribution in [-0.4, -0.2) is 35.1 Å². The summed E-state index contributed by atoms with van der Waals surface area (Å²) in [6.45, 7) is 3.76. The Morgan fingerprint density at radius 2 is 1.93 bits per heavy atom. The average Bonchev–Trinajstić information content (AvgIpc) is 3.03. The zero-order chi connectivity index (χ0) is 19.4. The van der Waals surface area contributed by atoms with Crippen LogP contribution in [0.2, 0.25) is 0 Å². The summed E-state index contributed by atoms with van der Waals surface area (Å²) in [6.07, 6.45) is 5.41. The number of nitrogens with one attached hydrogen (secondary N) is 1. The summed E-state index contributed by atoms with van der Waals surface area (Å²) in [5.41, 5.74) is 3.28. The van der Waals surface area contributed by atoms with E-state index in [2.05, 4.69) is 5.32 Å². The molecule has 1 aromatic heterocycles. The first-order chi connectivity index (χ1) is 12.9. The Hall–Kier alpha value is -2.41. The minimum Gasteiger partial charge on any atom is -0.481 e. The third-order valence-corrected chi connectivity index (χ3v) is 5.79. The fourth-order valence-corrected chi connectivity index (χ4v) is 4.50. The first-order valence-corrected chi connectivity index (χ1v) is 9.97. The van der Waals surface area contributed by atoms with E-state index >= 15 is 0 Å². The van der Waals surface area contributed by atoms with Crippen molar-refractivity contribution in [3.63, 3.8) is 0 Å². The number of carbonyl (C=O) groups excluding carboxylic acids is 1. The average molecular weight is 388 g/mol. The van der Waals surface area contributed by atoms with Gasteiger partial charge in [0.2, 0.25) is 0 Å². The van der Waals surface area contributed by atoms with Crippen molar-refractivity contribution in [2.24, 2.45) is 0 Å². The molecule has 0 spiro atoms. The highest BCUT2D eigenvalue weighted by Gasteiger charge is 2.16. The summed E-state index contributed by atoms with van der Waals surface area (Å²) in [5, 5.41) is 12.8. The molecule has 144 valence electrons. The number of carboxylic acids is 1. The largest absolute Gasteiger partial charge is 0.481 e. The maximum Gasteiger partial charge on any atom is 0.341 e. The second kappa shape index (κ2) is 8.52. The molecule has 1 amide bonds. The second-order valence-electron chi connectivity index (χ2n) is 6.81. The molecule has 1 aliphatic rings. The maximum atomic E-state index is 12.4. The normalized spacial score (nSPS) is 13.1. The second-order valence-corrected chi connectivity index (χ2v) is 7.98. The van der Waals surface area contributed by atoms with Crippen LogP contribution in [0, 0.1) is 13.8 Å². The van der Waals surface area contributed by atoms with Gasteiger partial charge in [-0.1, -0.05) is 0 Å². The van der Waals surface area contributed by atoms with Gasteiger partial charge in [0.15, 0.2) is 6.61 Å². The highest BCUT2D eigenvalue weighted by molar-refractivity contribution is 7.11. The standard InChI is InChI=1S/C20H24N2O4S/c1-12-9-14(10-13(2)19(12)26-11-18(23)24)20(25)21-8-7-17-22-15-5-3-4-6-16(15)27-17/h9-10H,3-8,11H2,1-2H3,(H,21,25)(H,23,24). The molecule has 27 heavy (non-hydrogen) atoms. The molecule has 0 atom stereocenters. The van der Waals surface area contributed by atoms with E-state index in [0.717, 1.165) is 35.4 Å². The van der Waals surface area contributed by atoms with Gasteiger partial charge in [0.1, 0.15) is 5.75 Å². The predicted molar refractivity (Wildman–Crippen MR) is 104 cm³/mol. The molecule has 1 aliphatic carbocycles. The summed E-state index contributed by atoms with van der Waals surface area (Å²) in [7, 11) is 0. The van der Waals surface area contributed by atoms with Gasteiger partial charge in [0, 0.05) is 23.4 Å². The van der Waals surface area contributed by atoms with Crippen LogP contribution in [0.4, 0.5) is 0 Å². The van der Waals surface area contributed by atoms with Gasteiger partial charge < -0.3 is 15.2 Å². The van der Waals surface area contributed by atoms with Gasteiger partial charge in [-0.25, -0.2) is 9.78 Å². The number of ether oxygens (including phenoxy) is 1. The van der Waals surface area contributed by atoms with Crippen molar-refractivity contribution in [2.45, 2.75) is 46.0 Å². The lowest BCUT2D eigenvalue weighted by Gasteiger charge is -2.13. The minimum absolute atomic E-state index is 0.146. The lowest BCUT2D eigenvalue weighted by molar-refractivity contribution is -0.139. The van der Waals surface area contributed by atoms with Gasteiger partial charge in [-0.3, -0.25) is 4.79 Å². The number of carboxylic acid groups (broad SMARTS) is 1. The summed E-state index contributed by atoms with van der Waals surface area (Å²) in [4.78, 5) is 29.2. The Bertz CT molecular complexity index is 813. The number of rotatable bonds is 7. The van der Waals surface area contributed by atoms with Gasteiger partial charge in [-0.05, 0) is 62.8 Å². The fourth-order valence-electron chi connectivity index (χ4n) is 3.34. The highest BCUT2D eigenvalue weighted by atomic mass is 32.1. The fraction of sp³-hybridized carbons (Fsp3) is 0.450. The first kappa shape index (κ1) is 19.4. The number of nitrogens with zero attached hydrogens (tertiary/aromatic N) is 1. The van der Waals surface area contributed by atoms with Crippen molar-refractivity contribution in [3.05, 3.63) is 44.4 Å². The number of amides is 1. The van der Waals surface area contributed by atoms with Crippen LogP contribution in [0.15, 0.2) is 12.1 Å². The molecule has 3 rings (SSSR count). The Balaban J connectivity index is 1.57. The van der Waals surface area contributed by atoms with Gasteiger partial charge in [-0.15, -0.1) is 11.3 Å². The van der Waals surface area contributed by atoms with Crippen LogP contribution in [-0.2, 0) is 24.1 Å². The summed E-state index contributed by atoms with van der Waals surface area (Å²) in [6, 6.07) is 3.45. The van der Waals surface area contributed by atoms with E-state index < -0.39 is 12.6 Å². The number of aromatic nitrogens is 1. The molecule has 0 saturated heterocycles. The van der Waals surface area contributed by atoms with Crippen molar-refractivity contribution in [1.29, 1.82) is 0 Å². The summed E-state index contributed by atoms with van der Waals surface area (Å²) < 4.78 is 5.30. The minimum atomic E-state index is -1.03. The first-order valence-electron chi connectivity index (χ1n) is 9.15. The van der Waals surface area contributed by atoms with Crippen molar-refractivity contribution >= 4 is 23.2 Å². The van der Waals surface area contributed by atoms with Crippen molar-refractivity contribution in [3.8, 4) is 5.75 Å². The molecule has 0 bridgehead atoms. The van der Waals surface area contributed by atoms with E-state index in [0.29, 0.717) is 17.9 Å². The van der Waals surface area contributed by atoms with Crippen molar-refractivity contribution < 1.29 is 19.4 Å². The number of hydrogen-bond acceptors (Lipinski definition) is 5. The number of benzene rings is 1. The van der Waals surface area contributed by atoms with Gasteiger partial charge in [-0.2, -0.15) is 0 Å². The van der Waals surface area contributed by atoms with Crippen LogP contribution in [0.5, 0.6) is 5.75 Å². The Kier molecular flexibility index (Phi) is 6.11. The Morgan fingerprint density at radius 1 is 1.22 bits per heavy atom. The smallest absolute Gasteiger partial charge is 0.341 e. The van der Waals surface area contributed by atoms with Crippen molar-refractivity contribution in [1.82, 2.24) is 10.3 Å². The number of fused-ring (bicyclic) bond motifs is 1. The highest BCUT2D eigenvalue weighted by Crippen LogP contribution is 2.27. The van der Waals surface area contributed by atoms with E-state index in [1.165, 1.54) is 23.4 Å². The molecule has 0 unspecified atom stereocenters. The molecule has 0 aliphatic heterocycles. The van der Waals surface area contributed by atoms with E-state index in [-0.39, 0.29) is 5.91 Å². The number of thiazole rings is 1. The molecule has 1 aromatic carbocycles. The molecule has 2 aromatic rings. The molecule has 1 heterocycles. The molecule has 0 fully saturated rings. The maximum absolute atomic E-state index is 12.4. The Labute approximate surface area is 162 Å². The predicted octanol–water partition coefficient (Wildman–Crippen LogP) is 3.07. The van der Waals surface area contributed by atoms with E-state index in [1.54, 1.807) is 37.3 Å². The van der Waals surface area contributed by atoms with Crippen LogP contribution in [0.25, 0.3) is 0 Å². The molecule has 0 saturated carbocycles. The van der Waals surface area contributed by atoms with Crippen LogP contribution >= 0.6 is 11.3 Å². The Morgan fingerprint density at radius 3 is 2.59 bits per heavy atom. The van der Waals surface area contributed by atoms with Crippen LogP contribution in [0.3, 0.4) is 0 Å². The molecular formula is C20H24N2O4S. The molecule has 2 N–H and O–H groups in total. The lowest BCUT2D eigenvalue weighted by Crippen LogP contribution is -2.26. The van der Waals surface area contributed by atoms with Crippen LogP contribution < -0.4 is 10.1 Å². The topological polar surface area (TPSA) is 88.5 Å². The lowest BCUT2D eigenvalue weighted by atomic mass is 10.0. The SMILES string of the molecule is Cc1cc(C(=O)NCCc2nc3c(s2)CCCC3)cc(C)c1OCC(=O)O. The monoisotopic (exact) mass is 388 g/mol. The van der Waals surface area contributed by atoms with Crippen molar-refractivity contribution in [2.75, 3.05) is 13.2 Å². The van der Waals surface area contributed by atoms with E-state index in [9.17, 15) is 9.59 Å². The van der Waals surface area contributed by atoms with E-state index in [1.807, 2.05) is 0 Å². The molecule has 0 radical (unpaired) electrons. The van der Waals surface area contributed by atoms with Crippen LogP contribution in [0.1, 0.15) is 49.9 Å². The summed E-state index contributed by atoms with van der Waals surface area (Å²) in [5.74, 6) is -0.658. The zero-order valence-electron chi connectivity index (χ0n) is 15.6. The number of hydrogen-bond donors (Lipinski definition) is 2. The zero-order valence-corrected chi connectivity index (χ0v) is 16.4. The molecule has 6 nitrogen and oxygen atoms in total. The molecule has 7 heteroatoms. The quantitative estimate of drug-likeness (QED) is 0.761. The molecular weight excluding hydrogens is 364 g/mol. The van der Waals surface area contributed by atoms with Gasteiger partial charge in [0.05, 0.1) is 10.7 Å². The third-order valence-electron chi connectivity index (χ3n) is 4.58. The van der Waals surface area contributed by atoms with Gasteiger partial charge >= 0.3 is 5.97 Å². The third kappa shape index (κ3) is 4.86.